The second-order valence-electron chi connectivity index (χ2n) is 2.77. The molecule has 0 aromatic carbocycles. The SMILES string of the molecule is CC1C2=CCC1C2. The summed E-state index contributed by atoms with van der Waals surface area (Å²) in [6.07, 6.45) is 5.23. The fourth-order valence-corrected chi connectivity index (χ4v) is 1.67. The van der Waals surface area contributed by atoms with Crippen LogP contribution in [0.3, 0.4) is 0 Å². The van der Waals surface area contributed by atoms with Gasteiger partial charge in [0.25, 0.3) is 0 Å². The van der Waals surface area contributed by atoms with Crippen molar-refractivity contribution in [3.63, 3.8) is 0 Å². The van der Waals surface area contributed by atoms with Gasteiger partial charge in [-0.1, -0.05) is 18.6 Å². The van der Waals surface area contributed by atoms with Gasteiger partial charge in [0.2, 0.25) is 0 Å². The largest absolute Gasteiger partial charge is 0.0847 e. The molecule has 1 saturated carbocycles. The molecule has 0 aliphatic heterocycles. The number of rotatable bonds is 0. The third-order valence-corrected chi connectivity index (χ3v) is 2.47. The zero-order chi connectivity index (χ0) is 4.85. The van der Waals surface area contributed by atoms with Crippen LogP contribution in [0.5, 0.6) is 0 Å². The summed E-state index contributed by atoms with van der Waals surface area (Å²) in [6, 6.07) is 0. The summed E-state index contributed by atoms with van der Waals surface area (Å²) in [7, 11) is 0. The molecule has 0 amide bonds. The molecular formula is C7H10. The van der Waals surface area contributed by atoms with Gasteiger partial charge in [0, 0.05) is 0 Å². The zero-order valence-corrected chi connectivity index (χ0v) is 4.65. The van der Waals surface area contributed by atoms with Crippen LogP contribution in [0, 0.1) is 11.8 Å². The van der Waals surface area contributed by atoms with Crippen molar-refractivity contribution in [3.8, 4) is 0 Å². The van der Waals surface area contributed by atoms with Crippen LogP contribution in [0.1, 0.15) is 19.8 Å². The lowest BCUT2D eigenvalue weighted by Crippen LogP contribution is -2.18. The van der Waals surface area contributed by atoms with E-state index in [0.29, 0.717) is 0 Å². The van der Waals surface area contributed by atoms with Crippen molar-refractivity contribution in [3.05, 3.63) is 11.6 Å². The third-order valence-electron chi connectivity index (χ3n) is 2.47. The van der Waals surface area contributed by atoms with Gasteiger partial charge in [-0.15, -0.1) is 0 Å². The maximum Gasteiger partial charge on any atom is -0.0197 e. The molecule has 3 rings (SSSR count). The van der Waals surface area contributed by atoms with E-state index in [9.17, 15) is 0 Å². The number of fused-ring (bicyclic) bond motifs is 1. The Bertz CT molecular complexity index is 120. The summed E-state index contributed by atoms with van der Waals surface area (Å²) in [4.78, 5) is 0. The zero-order valence-electron chi connectivity index (χ0n) is 4.65. The van der Waals surface area contributed by atoms with Crippen molar-refractivity contribution in [1.82, 2.24) is 0 Å². The molecule has 0 heteroatoms. The monoisotopic (exact) mass is 94.1 g/mol. The van der Waals surface area contributed by atoms with E-state index in [1.165, 1.54) is 12.8 Å². The first-order valence-corrected chi connectivity index (χ1v) is 3.07. The summed E-state index contributed by atoms with van der Waals surface area (Å²) in [5.41, 5.74) is 1.73. The molecule has 0 saturated heterocycles. The number of hydrogen-bond acceptors (Lipinski definition) is 0. The highest BCUT2D eigenvalue weighted by Gasteiger charge is 2.35. The molecule has 0 radical (unpaired) electrons. The van der Waals surface area contributed by atoms with Crippen molar-refractivity contribution in [2.24, 2.45) is 11.8 Å². The van der Waals surface area contributed by atoms with Gasteiger partial charge in [-0.05, 0) is 24.7 Å². The number of allylic oxidation sites excluding steroid dienone is 2. The number of hydrogen-bond donors (Lipinski definition) is 0. The molecule has 1 fully saturated rings. The van der Waals surface area contributed by atoms with Crippen LogP contribution in [0.4, 0.5) is 0 Å². The molecule has 2 unspecified atom stereocenters. The molecule has 3 aliphatic carbocycles. The Kier molecular flexibility index (Phi) is 0.495. The van der Waals surface area contributed by atoms with Crippen LogP contribution in [0.25, 0.3) is 0 Å². The van der Waals surface area contributed by atoms with Crippen LogP contribution in [-0.4, -0.2) is 0 Å². The lowest BCUT2D eigenvalue weighted by molar-refractivity contribution is 0.341. The van der Waals surface area contributed by atoms with Gasteiger partial charge < -0.3 is 0 Å². The second kappa shape index (κ2) is 0.936. The van der Waals surface area contributed by atoms with E-state index in [2.05, 4.69) is 13.0 Å². The second-order valence-corrected chi connectivity index (χ2v) is 2.77. The topological polar surface area (TPSA) is 0 Å². The predicted octanol–water partition coefficient (Wildman–Crippen LogP) is 1.97. The summed E-state index contributed by atoms with van der Waals surface area (Å²) in [5.74, 6) is 2.04. The van der Waals surface area contributed by atoms with Crippen LogP contribution in [0.2, 0.25) is 0 Å². The summed E-state index contributed by atoms with van der Waals surface area (Å²) >= 11 is 0. The molecule has 0 N–H and O–H groups in total. The predicted molar refractivity (Wildman–Crippen MR) is 30.0 cm³/mol. The van der Waals surface area contributed by atoms with E-state index < -0.39 is 0 Å². The third kappa shape index (κ3) is 0.287. The minimum atomic E-state index is 0.972. The molecular weight excluding hydrogens is 84.1 g/mol. The van der Waals surface area contributed by atoms with E-state index >= 15 is 0 Å². The lowest BCUT2D eigenvalue weighted by Gasteiger charge is -2.28. The first-order chi connectivity index (χ1) is 3.38. The Morgan fingerprint density at radius 3 is 2.71 bits per heavy atom. The highest BCUT2D eigenvalue weighted by Crippen LogP contribution is 2.48. The Hall–Kier alpha value is -0.260. The highest BCUT2D eigenvalue weighted by atomic mass is 14.4. The average molecular weight is 94.2 g/mol. The average Bonchev–Trinajstić information content (AvgIpc) is 2.18. The maximum absolute atomic E-state index is 2.41. The van der Waals surface area contributed by atoms with Crippen LogP contribution in [0.15, 0.2) is 11.6 Å². The normalized spacial score (nSPS) is 45.6. The molecule has 7 heavy (non-hydrogen) atoms. The molecule has 38 valence electrons. The van der Waals surface area contributed by atoms with Gasteiger partial charge in [-0.3, -0.25) is 0 Å². The molecule has 2 atom stereocenters. The van der Waals surface area contributed by atoms with Gasteiger partial charge in [-0.25, -0.2) is 0 Å². The molecule has 3 aliphatic rings. The van der Waals surface area contributed by atoms with Crippen molar-refractivity contribution < 1.29 is 0 Å². The fourth-order valence-electron chi connectivity index (χ4n) is 1.67. The highest BCUT2D eigenvalue weighted by molar-refractivity contribution is 5.25. The van der Waals surface area contributed by atoms with Crippen molar-refractivity contribution in [2.75, 3.05) is 0 Å². The van der Waals surface area contributed by atoms with E-state index in [0.717, 1.165) is 11.8 Å². The molecule has 0 nitrogen and oxygen atoms in total. The van der Waals surface area contributed by atoms with Gasteiger partial charge >= 0.3 is 0 Å². The van der Waals surface area contributed by atoms with Crippen molar-refractivity contribution in [1.29, 1.82) is 0 Å². The Morgan fingerprint density at radius 2 is 2.57 bits per heavy atom. The smallest absolute Gasteiger partial charge is 0.0197 e. The van der Waals surface area contributed by atoms with Crippen molar-refractivity contribution >= 4 is 0 Å². The lowest BCUT2D eigenvalue weighted by atomic mass is 9.76. The molecule has 0 aromatic rings. The maximum atomic E-state index is 2.41. The molecule has 0 aromatic heterocycles. The quantitative estimate of drug-likeness (QED) is 0.402. The molecule has 0 heterocycles. The summed E-state index contributed by atoms with van der Waals surface area (Å²) < 4.78 is 0. The molecule has 0 spiro atoms. The first kappa shape index (κ1) is 3.71. The Balaban J connectivity index is 2.31. The Morgan fingerprint density at radius 1 is 1.71 bits per heavy atom. The fraction of sp³-hybridized carbons (Fsp3) is 0.714. The van der Waals surface area contributed by atoms with Crippen LogP contribution < -0.4 is 0 Å². The van der Waals surface area contributed by atoms with Gasteiger partial charge in [0.15, 0.2) is 0 Å². The molecule has 2 bridgehead atoms. The van der Waals surface area contributed by atoms with E-state index in [1.807, 2.05) is 0 Å². The van der Waals surface area contributed by atoms with Gasteiger partial charge in [0.1, 0.15) is 0 Å². The van der Waals surface area contributed by atoms with Gasteiger partial charge in [-0.2, -0.15) is 0 Å². The standard InChI is InChI=1S/C7H10/c1-5-6-2-3-7(5)4-6/h2,5,7H,3-4H2,1H3. The minimum absolute atomic E-state index is 0.972. The van der Waals surface area contributed by atoms with E-state index in [-0.39, 0.29) is 0 Å². The van der Waals surface area contributed by atoms with Gasteiger partial charge in [0.05, 0.1) is 0 Å². The Labute approximate surface area is 44.2 Å². The summed E-state index contributed by atoms with van der Waals surface area (Å²) in [5, 5.41) is 0. The van der Waals surface area contributed by atoms with Crippen LogP contribution >= 0.6 is 0 Å². The first-order valence-electron chi connectivity index (χ1n) is 3.07. The minimum Gasteiger partial charge on any atom is -0.0847 e. The van der Waals surface area contributed by atoms with Crippen molar-refractivity contribution in [2.45, 2.75) is 19.8 Å². The van der Waals surface area contributed by atoms with E-state index in [4.69, 9.17) is 0 Å². The summed E-state index contributed by atoms with van der Waals surface area (Å²) in [6.45, 7) is 2.34. The van der Waals surface area contributed by atoms with E-state index in [1.54, 1.807) is 5.57 Å². The van der Waals surface area contributed by atoms with Crippen LogP contribution in [-0.2, 0) is 0 Å².